The number of rotatable bonds is 2. The summed E-state index contributed by atoms with van der Waals surface area (Å²) in [4.78, 5) is 0. The molecule has 2 heteroatoms. The second-order valence-corrected chi connectivity index (χ2v) is 6.27. The molecule has 0 bridgehead atoms. The fourth-order valence-electron chi connectivity index (χ4n) is 3.30. The van der Waals surface area contributed by atoms with Crippen molar-refractivity contribution in [3.63, 3.8) is 0 Å². The van der Waals surface area contributed by atoms with Crippen LogP contribution in [-0.2, 0) is 13.1 Å². The Morgan fingerprint density at radius 1 is 1.11 bits per heavy atom. The third kappa shape index (κ3) is 1.99. The van der Waals surface area contributed by atoms with Gasteiger partial charge in [0.1, 0.15) is 0 Å². The lowest BCUT2D eigenvalue weighted by Crippen LogP contribution is -2.28. The van der Waals surface area contributed by atoms with Crippen molar-refractivity contribution in [3.05, 3.63) is 35.0 Å². The molecular weight excluding hydrogens is 232 g/mol. The highest BCUT2D eigenvalue weighted by atomic mass is 15.1. The average molecular weight is 256 g/mol. The van der Waals surface area contributed by atoms with Crippen LogP contribution in [0, 0.1) is 0 Å². The zero-order valence-corrected chi connectivity index (χ0v) is 12.5. The number of fused-ring (bicyclic) bond motifs is 3. The summed E-state index contributed by atoms with van der Waals surface area (Å²) < 4.78 is 2.52. The van der Waals surface area contributed by atoms with Gasteiger partial charge in [-0.3, -0.25) is 0 Å². The highest BCUT2D eigenvalue weighted by Gasteiger charge is 2.21. The maximum Gasteiger partial charge on any atom is 0.0486 e. The molecule has 0 fully saturated rings. The largest absolute Gasteiger partial charge is 0.342 e. The van der Waals surface area contributed by atoms with Gasteiger partial charge in [0.25, 0.3) is 0 Å². The molecule has 1 aromatic carbocycles. The van der Waals surface area contributed by atoms with Gasteiger partial charge in [-0.1, -0.05) is 33.8 Å². The fourth-order valence-corrected chi connectivity index (χ4v) is 3.30. The summed E-state index contributed by atoms with van der Waals surface area (Å²) in [6, 6.07) is 7.04. The Morgan fingerprint density at radius 2 is 1.89 bits per heavy atom. The number of nitrogens with one attached hydrogen (secondary N) is 1. The second-order valence-electron chi connectivity index (χ2n) is 6.27. The van der Waals surface area contributed by atoms with Crippen molar-refractivity contribution in [1.82, 2.24) is 9.88 Å². The molecule has 0 spiro atoms. The Bertz CT molecular complexity index is 605. The Morgan fingerprint density at radius 3 is 2.58 bits per heavy atom. The fraction of sp³-hybridized carbons (Fsp3) is 0.529. The van der Waals surface area contributed by atoms with E-state index >= 15 is 0 Å². The number of aromatic nitrogens is 1. The first-order valence-corrected chi connectivity index (χ1v) is 7.45. The first-order chi connectivity index (χ1) is 9.09. The molecular formula is C17H24N2. The normalized spacial score (nSPS) is 15.5. The predicted octanol–water partition coefficient (Wildman–Crippen LogP) is 3.99. The lowest BCUT2D eigenvalue weighted by atomic mass is 9.95. The number of nitrogens with zero attached hydrogens (tertiary/aromatic N) is 1. The van der Waals surface area contributed by atoms with Gasteiger partial charge in [-0.2, -0.15) is 0 Å². The monoisotopic (exact) mass is 256 g/mol. The van der Waals surface area contributed by atoms with Gasteiger partial charge in [0.2, 0.25) is 0 Å². The summed E-state index contributed by atoms with van der Waals surface area (Å²) in [6.45, 7) is 12.4. The molecule has 2 heterocycles. The van der Waals surface area contributed by atoms with Crippen LogP contribution in [0.15, 0.2) is 18.2 Å². The molecule has 1 aromatic heterocycles. The van der Waals surface area contributed by atoms with Crippen molar-refractivity contribution >= 4 is 10.9 Å². The molecule has 102 valence electrons. The molecule has 0 saturated carbocycles. The van der Waals surface area contributed by atoms with Gasteiger partial charge in [0.15, 0.2) is 0 Å². The Balaban J connectivity index is 2.30. The maximum absolute atomic E-state index is 3.51. The summed E-state index contributed by atoms with van der Waals surface area (Å²) in [7, 11) is 0. The Kier molecular flexibility index (Phi) is 3.14. The van der Waals surface area contributed by atoms with Gasteiger partial charge in [-0.05, 0) is 35.1 Å². The zero-order chi connectivity index (χ0) is 13.6. The number of hydrogen-bond acceptors (Lipinski definition) is 1. The van der Waals surface area contributed by atoms with Crippen molar-refractivity contribution in [2.75, 3.05) is 6.54 Å². The molecule has 2 nitrogen and oxygen atoms in total. The van der Waals surface area contributed by atoms with Crippen LogP contribution in [0.5, 0.6) is 0 Å². The molecule has 0 radical (unpaired) electrons. The van der Waals surface area contributed by atoms with E-state index in [0.29, 0.717) is 11.8 Å². The Labute approximate surface area is 115 Å². The smallest absolute Gasteiger partial charge is 0.0486 e. The molecule has 1 aliphatic heterocycles. The van der Waals surface area contributed by atoms with E-state index in [1.54, 1.807) is 5.56 Å². The molecule has 0 atom stereocenters. The standard InChI is InChI=1S/C17H24N2/c1-11(2)13-5-6-15-14(9-13)17(12(3)4)16-10-18-7-8-19(15)16/h5-6,9,11-12,18H,7-8,10H2,1-4H3. The van der Waals surface area contributed by atoms with Gasteiger partial charge < -0.3 is 9.88 Å². The van der Waals surface area contributed by atoms with Gasteiger partial charge in [-0.15, -0.1) is 0 Å². The van der Waals surface area contributed by atoms with E-state index in [0.717, 1.165) is 19.6 Å². The second kappa shape index (κ2) is 4.68. The van der Waals surface area contributed by atoms with Crippen LogP contribution < -0.4 is 5.32 Å². The summed E-state index contributed by atoms with van der Waals surface area (Å²) in [5.74, 6) is 1.18. The van der Waals surface area contributed by atoms with Crippen LogP contribution in [0.25, 0.3) is 10.9 Å². The summed E-state index contributed by atoms with van der Waals surface area (Å²) in [5, 5.41) is 4.99. The molecule has 3 rings (SSSR count). The summed E-state index contributed by atoms with van der Waals surface area (Å²) in [6.07, 6.45) is 0. The van der Waals surface area contributed by atoms with Crippen molar-refractivity contribution < 1.29 is 0 Å². The molecule has 1 N–H and O–H groups in total. The minimum absolute atomic E-state index is 0.584. The molecule has 19 heavy (non-hydrogen) atoms. The highest BCUT2D eigenvalue weighted by Crippen LogP contribution is 2.34. The molecule has 0 saturated heterocycles. The van der Waals surface area contributed by atoms with Crippen LogP contribution in [-0.4, -0.2) is 11.1 Å². The molecule has 1 aliphatic rings. The van der Waals surface area contributed by atoms with E-state index < -0.39 is 0 Å². The topological polar surface area (TPSA) is 17.0 Å². The SMILES string of the molecule is CC(C)c1ccc2c(c1)c(C(C)C)c1n2CCNC1. The highest BCUT2D eigenvalue weighted by molar-refractivity contribution is 5.87. The van der Waals surface area contributed by atoms with Gasteiger partial charge in [0.05, 0.1) is 0 Å². The minimum Gasteiger partial charge on any atom is -0.342 e. The van der Waals surface area contributed by atoms with Gasteiger partial charge in [0, 0.05) is 36.2 Å². The van der Waals surface area contributed by atoms with E-state index in [1.807, 2.05) is 0 Å². The lowest BCUT2D eigenvalue weighted by molar-refractivity contribution is 0.520. The van der Waals surface area contributed by atoms with Crippen molar-refractivity contribution in [1.29, 1.82) is 0 Å². The first kappa shape index (κ1) is 12.7. The number of benzene rings is 1. The van der Waals surface area contributed by atoms with E-state index in [9.17, 15) is 0 Å². The van der Waals surface area contributed by atoms with E-state index in [4.69, 9.17) is 0 Å². The molecule has 0 amide bonds. The van der Waals surface area contributed by atoms with Crippen LogP contribution in [0.4, 0.5) is 0 Å². The van der Waals surface area contributed by atoms with E-state index in [2.05, 4.69) is 55.8 Å². The first-order valence-electron chi connectivity index (χ1n) is 7.45. The van der Waals surface area contributed by atoms with E-state index in [1.165, 1.54) is 22.2 Å². The van der Waals surface area contributed by atoms with Crippen LogP contribution >= 0.6 is 0 Å². The van der Waals surface area contributed by atoms with Crippen LogP contribution in [0.3, 0.4) is 0 Å². The quantitative estimate of drug-likeness (QED) is 0.859. The summed E-state index contributed by atoms with van der Waals surface area (Å²) >= 11 is 0. The predicted molar refractivity (Wildman–Crippen MR) is 81.8 cm³/mol. The van der Waals surface area contributed by atoms with Crippen molar-refractivity contribution in [3.8, 4) is 0 Å². The van der Waals surface area contributed by atoms with Gasteiger partial charge in [-0.25, -0.2) is 0 Å². The average Bonchev–Trinajstić information content (AvgIpc) is 2.72. The lowest BCUT2D eigenvalue weighted by Gasteiger charge is -2.19. The third-order valence-electron chi connectivity index (χ3n) is 4.29. The number of hydrogen-bond donors (Lipinski definition) is 1. The molecule has 2 aromatic rings. The maximum atomic E-state index is 3.51. The van der Waals surface area contributed by atoms with Gasteiger partial charge >= 0.3 is 0 Å². The zero-order valence-electron chi connectivity index (χ0n) is 12.5. The minimum atomic E-state index is 0.584. The van der Waals surface area contributed by atoms with Crippen molar-refractivity contribution in [2.24, 2.45) is 0 Å². The van der Waals surface area contributed by atoms with Crippen molar-refractivity contribution in [2.45, 2.75) is 52.6 Å². The van der Waals surface area contributed by atoms with Crippen LogP contribution in [0.1, 0.15) is 56.4 Å². The third-order valence-corrected chi connectivity index (χ3v) is 4.29. The van der Waals surface area contributed by atoms with Crippen LogP contribution in [0.2, 0.25) is 0 Å². The summed E-state index contributed by atoms with van der Waals surface area (Å²) in [5.41, 5.74) is 5.91. The molecule has 0 unspecified atom stereocenters. The van der Waals surface area contributed by atoms with E-state index in [-0.39, 0.29) is 0 Å². The molecule has 0 aliphatic carbocycles. The Hall–Kier alpha value is -1.28.